The van der Waals surface area contributed by atoms with Crippen LogP contribution in [0.5, 0.6) is 0 Å². The minimum absolute atomic E-state index is 0.00976. The molecule has 6 nitrogen and oxygen atoms in total. The molecule has 0 radical (unpaired) electrons. The quantitative estimate of drug-likeness (QED) is 0.456. The van der Waals surface area contributed by atoms with Crippen LogP contribution in [0.1, 0.15) is 24.8 Å². The first-order valence-corrected chi connectivity index (χ1v) is 9.62. The minimum Gasteiger partial charge on any atom is -0.455 e. The number of hydrogen-bond donors (Lipinski definition) is 0. The first kappa shape index (κ1) is 18.7. The molecule has 7 heteroatoms. The Hall–Kier alpha value is -2.70. The zero-order valence-electron chi connectivity index (χ0n) is 15.2. The molecule has 0 atom stereocenters. The van der Waals surface area contributed by atoms with Crippen molar-refractivity contribution in [3.05, 3.63) is 73.4 Å². The van der Waals surface area contributed by atoms with Crippen LogP contribution in [0.2, 0.25) is 5.02 Å². The van der Waals surface area contributed by atoms with E-state index in [1.165, 1.54) is 24.6 Å². The summed E-state index contributed by atoms with van der Waals surface area (Å²) in [6, 6.07) is 10.9. The standard InChI is InChI=1S/C21H19ClN2O4/c22-16-10-15(13-23-8-2-1-3-9-23)21-18(11-16)19(25)12-20(28-21)14-4-6-17(7-5-14)24(26)27/h4-7,10-12H,1-3,8-9,13H2. The maximum atomic E-state index is 12.7. The van der Waals surface area contributed by atoms with Gasteiger partial charge in [0.2, 0.25) is 0 Å². The molecule has 0 N–H and O–H groups in total. The lowest BCUT2D eigenvalue weighted by Gasteiger charge is -2.26. The van der Waals surface area contributed by atoms with Crippen LogP contribution >= 0.6 is 11.6 Å². The normalized spacial score (nSPS) is 15.0. The van der Waals surface area contributed by atoms with Crippen molar-refractivity contribution in [2.75, 3.05) is 13.1 Å². The molecular formula is C21H19ClN2O4. The van der Waals surface area contributed by atoms with Crippen LogP contribution in [0.4, 0.5) is 5.69 Å². The predicted molar refractivity (Wildman–Crippen MR) is 109 cm³/mol. The summed E-state index contributed by atoms with van der Waals surface area (Å²) in [6.45, 7) is 2.70. The number of hydrogen-bond acceptors (Lipinski definition) is 5. The molecule has 2 aromatic carbocycles. The number of nitro benzene ring substituents is 1. The third kappa shape index (κ3) is 3.79. The topological polar surface area (TPSA) is 76.6 Å². The van der Waals surface area contributed by atoms with Crippen LogP contribution in [0.15, 0.2) is 51.7 Å². The SMILES string of the molecule is O=c1cc(-c2ccc([N+](=O)[O-])cc2)oc2c(CN3CCCCC3)cc(Cl)cc12. The average molecular weight is 399 g/mol. The Balaban J connectivity index is 1.79. The van der Waals surface area contributed by atoms with E-state index in [0.717, 1.165) is 31.5 Å². The lowest BCUT2D eigenvalue weighted by atomic mass is 10.1. The van der Waals surface area contributed by atoms with Crippen molar-refractivity contribution >= 4 is 28.3 Å². The summed E-state index contributed by atoms with van der Waals surface area (Å²) in [5.74, 6) is 0.384. The largest absolute Gasteiger partial charge is 0.455 e. The average Bonchev–Trinajstić information content (AvgIpc) is 2.69. The number of benzene rings is 2. The molecule has 28 heavy (non-hydrogen) atoms. The molecule has 1 aliphatic rings. The van der Waals surface area contributed by atoms with Gasteiger partial charge in [0.15, 0.2) is 5.43 Å². The lowest BCUT2D eigenvalue weighted by molar-refractivity contribution is -0.384. The van der Waals surface area contributed by atoms with Crippen LogP contribution in [0.3, 0.4) is 0 Å². The fraction of sp³-hybridized carbons (Fsp3) is 0.286. The van der Waals surface area contributed by atoms with Crippen molar-refractivity contribution in [3.63, 3.8) is 0 Å². The Labute approximate surface area is 166 Å². The van der Waals surface area contributed by atoms with Gasteiger partial charge in [0, 0.05) is 40.9 Å². The predicted octanol–water partition coefficient (Wildman–Crippen LogP) is 5.01. The van der Waals surface area contributed by atoms with E-state index in [-0.39, 0.29) is 11.1 Å². The smallest absolute Gasteiger partial charge is 0.269 e. The number of fused-ring (bicyclic) bond motifs is 1. The molecule has 0 aliphatic carbocycles. The Kier molecular flexibility index (Phi) is 5.15. The molecule has 0 amide bonds. The fourth-order valence-electron chi connectivity index (χ4n) is 3.66. The number of non-ortho nitro benzene ring substituents is 1. The molecule has 1 aromatic heterocycles. The third-order valence-electron chi connectivity index (χ3n) is 5.08. The number of likely N-dealkylation sites (tertiary alicyclic amines) is 1. The zero-order valence-corrected chi connectivity index (χ0v) is 15.9. The fourth-order valence-corrected chi connectivity index (χ4v) is 3.90. The lowest BCUT2D eigenvalue weighted by Crippen LogP contribution is -2.29. The molecule has 3 aromatic rings. The molecule has 1 aliphatic heterocycles. The summed E-state index contributed by atoms with van der Waals surface area (Å²) in [5.41, 5.74) is 1.83. The molecule has 0 bridgehead atoms. The van der Waals surface area contributed by atoms with Crippen LogP contribution in [-0.2, 0) is 6.54 Å². The maximum Gasteiger partial charge on any atom is 0.269 e. The summed E-state index contributed by atoms with van der Waals surface area (Å²) >= 11 is 6.25. The van der Waals surface area contributed by atoms with Crippen molar-refractivity contribution in [2.24, 2.45) is 0 Å². The van der Waals surface area contributed by atoms with Gasteiger partial charge in [-0.15, -0.1) is 0 Å². The number of nitro groups is 1. The third-order valence-corrected chi connectivity index (χ3v) is 5.29. The highest BCUT2D eigenvalue weighted by Gasteiger charge is 2.17. The summed E-state index contributed by atoms with van der Waals surface area (Å²) in [4.78, 5) is 25.4. The van der Waals surface area contributed by atoms with E-state index in [2.05, 4.69) is 4.90 Å². The monoisotopic (exact) mass is 398 g/mol. The van der Waals surface area contributed by atoms with Gasteiger partial charge in [-0.05, 0) is 50.2 Å². The van der Waals surface area contributed by atoms with Gasteiger partial charge in [0.1, 0.15) is 11.3 Å². The zero-order chi connectivity index (χ0) is 19.7. The Morgan fingerprint density at radius 3 is 2.46 bits per heavy atom. The van der Waals surface area contributed by atoms with Gasteiger partial charge in [-0.2, -0.15) is 0 Å². The summed E-state index contributed by atoms with van der Waals surface area (Å²) in [6.07, 6.45) is 3.57. The van der Waals surface area contributed by atoms with E-state index in [9.17, 15) is 14.9 Å². The second kappa shape index (κ2) is 7.73. The van der Waals surface area contributed by atoms with E-state index in [0.29, 0.717) is 33.9 Å². The number of rotatable bonds is 4. The molecule has 2 heterocycles. The molecule has 1 saturated heterocycles. The van der Waals surface area contributed by atoms with Gasteiger partial charge < -0.3 is 4.42 Å². The van der Waals surface area contributed by atoms with E-state index in [4.69, 9.17) is 16.0 Å². The van der Waals surface area contributed by atoms with Crippen LogP contribution in [0.25, 0.3) is 22.3 Å². The Bertz CT molecular complexity index is 1090. The molecule has 0 unspecified atom stereocenters. The van der Waals surface area contributed by atoms with E-state index in [1.807, 2.05) is 6.07 Å². The van der Waals surface area contributed by atoms with Crippen LogP contribution < -0.4 is 5.43 Å². The second-order valence-corrected chi connectivity index (χ2v) is 7.49. The summed E-state index contributed by atoms with van der Waals surface area (Å²) in [5, 5.41) is 11.8. The van der Waals surface area contributed by atoms with Gasteiger partial charge >= 0.3 is 0 Å². The summed E-state index contributed by atoms with van der Waals surface area (Å²) < 4.78 is 6.10. The van der Waals surface area contributed by atoms with Gasteiger partial charge in [0.25, 0.3) is 5.69 Å². The molecule has 144 valence electrons. The number of piperidine rings is 1. The highest BCUT2D eigenvalue weighted by molar-refractivity contribution is 6.31. The molecule has 0 spiro atoms. The van der Waals surface area contributed by atoms with E-state index >= 15 is 0 Å². The molecular weight excluding hydrogens is 380 g/mol. The molecule has 4 rings (SSSR count). The maximum absolute atomic E-state index is 12.7. The van der Waals surface area contributed by atoms with Crippen molar-refractivity contribution in [1.29, 1.82) is 0 Å². The van der Waals surface area contributed by atoms with Crippen LogP contribution in [0, 0.1) is 10.1 Å². The molecule has 1 fully saturated rings. The van der Waals surface area contributed by atoms with Gasteiger partial charge in [-0.25, -0.2) is 0 Å². The Morgan fingerprint density at radius 1 is 1.07 bits per heavy atom. The van der Waals surface area contributed by atoms with Crippen molar-refractivity contribution in [1.82, 2.24) is 4.90 Å². The van der Waals surface area contributed by atoms with Crippen molar-refractivity contribution in [3.8, 4) is 11.3 Å². The van der Waals surface area contributed by atoms with Crippen LogP contribution in [-0.4, -0.2) is 22.9 Å². The van der Waals surface area contributed by atoms with Crippen molar-refractivity contribution < 1.29 is 9.34 Å². The summed E-state index contributed by atoms with van der Waals surface area (Å²) in [7, 11) is 0. The van der Waals surface area contributed by atoms with E-state index < -0.39 is 4.92 Å². The first-order valence-electron chi connectivity index (χ1n) is 9.25. The van der Waals surface area contributed by atoms with Gasteiger partial charge in [-0.1, -0.05) is 18.0 Å². The number of halogens is 1. The van der Waals surface area contributed by atoms with Gasteiger partial charge in [-0.3, -0.25) is 19.8 Å². The highest BCUT2D eigenvalue weighted by Crippen LogP contribution is 2.29. The first-order chi connectivity index (χ1) is 13.5. The highest BCUT2D eigenvalue weighted by atomic mass is 35.5. The van der Waals surface area contributed by atoms with Gasteiger partial charge in [0.05, 0.1) is 10.3 Å². The van der Waals surface area contributed by atoms with E-state index in [1.54, 1.807) is 18.2 Å². The number of nitrogens with zero attached hydrogens (tertiary/aromatic N) is 2. The van der Waals surface area contributed by atoms with Crippen molar-refractivity contribution in [2.45, 2.75) is 25.8 Å². The molecule has 0 saturated carbocycles. The minimum atomic E-state index is -0.459. The second-order valence-electron chi connectivity index (χ2n) is 7.06. The Morgan fingerprint density at radius 2 is 1.79 bits per heavy atom.